The zero-order chi connectivity index (χ0) is 13.2. The van der Waals surface area contributed by atoms with Crippen LogP contribution in [0, 0.1) is 11.2 Å². The summed E-state index contributed by atoms with van der Waals surface area (Å²) >= 11 is 0. The molecule has 0 amide bonds. The van der Waals surface area contributed by atoms with E-state index in [1.54, 1.807) is 6.07 Å². The van der Waals surface area contributed by atoms with Crippen molar-refractivity contribution >= 4 is 6.21 Å². The number of fused-ring (bicyclic) bond motifs is 1. The van der Waals surface area contributed by atoms with Gasteiger partial charge in [0.2, 0.25) is 0 Å². The second-order valence-electron chi connectivity index (χ2n) is 4.82. The van der Waals surface area contributed by atoms with E-state index in [0.29, 0.717) is 18.6 Å². The predicted molar refractivity (Wildman–Crippen MR) is 69.6 cm³/mol. The standard InChI is InChI=1S/C14H19FN2O/c1-2-6-14(7-3-8-16)13(17)11-5-4-10(15)9-12(11)18-14/h4-5,8-9,13,16H,2-3,6-7,17H2,1H3/t13-,14?/m1/s1. The van der Waals surface area contributed by atoms with Gasteiger partial charge in [0.15, 0.2) is 0 Å². The second kappa shape index (κ2) is 5.06. The molecule has 0 fully saturated rings. The second-order valence-corrected chi connectivity index (χ2v) is 4.82. The highest BCUT2D eigenvalue weighted by Crippen LogP contribution is 2.46. The summed E-state index contributed by atoms with van der Waals surface area (Å²) in [6, 6.07) is 4.28. The van der Waals surface area contributed by atoms with E-state index in [0.717, 1.165) is 18.4 Å². The number of halogens is 1. The molecule has 4 heteroatoms. The van der Waals surface area contributed by atoms with Crippen LogP contribution in [-0.2, 0) is 0 Å². The minimum Gasteiger partial charge on any atom is -0.485 e. The normalized spacial score (nSPS) is 25.6. The number of rotatable bonds is 5. The van der Waals surface area contributed by atoms with Crippen LogP contribution in [0.2, 0.25) is 0 Å². The van der Waals surface area contributed by atoms with Crippen molar-refractivity contribution in [3.05, 3.63) is 29.6 Å². The summed E-state index contributed by atoms with van der Waals surface area (Å²) in [6.45, 7) is 2.08. The molecule has 0 spiro atoms. The van der Waals surface area contributed by atoms with Gasteiger partial charge in [0.05, 0.1) is 6.04 Å². The van der Waals surface area contributed by atoms with Crippen LogP contribution in [0.3, 0.4) is 0 Å². The summed E-state index contributed by atoms with van der Waals surface area (Å²) < 4.78 is 19.2. The molecule has 1 aliphatic heterocycles. The largest absolute Gasteiger partial charge is 0.485 e. The van der Waals surface area contributed by atoms with Gasteiger partial charge in [-0.2, -0.15) is 0 Å². The van der Waals surface area contributed by atoms with Crippen molar-refractivity contribution in [1.82, 2.24) is 0 Å². The maximum atomic E-state index is 13.2. The van der Waals surface area contributed by atoms with Crippen molar-refractivity contribution in [2.45, 2.75) is 44.2 Å². The van der Waals surface area contributed by atoms with Gasteiger partial charge in [0.1, 0.15) is 17.2 Å². The van der Waals surface area contributed by atoms with Crippen molar-refractivity contribution in [2.75, 3.05) is 0 Å². The van der Waals surface area contributed by atoms with Crippen molar-refractivity contribution in [2.24, 2.45) is 5.73 Å². The van der Waals surface area contributed by atoms with Crippen LogP contribution in [0.25, 0.3) is 0 Å². The van der Waals surface area contributed by atoms with E-state index in [2.05, 4.69) is 6.92 Å². The number of nitrogens with two attached hydrogens (primary N) is 1. The molecule has 0 saturated carbocycles. The minimum absolute atomic E-state index is 0.243. The fourth-order valence-corrected chi connectivity index (χ4v) is 2.70. The Kier molecular flexibility index (Phi) is 3.66. The topological polar surface area (TPSA) is 59.1 Å². The molecule has 18 heavy (non-hydrogen) atoms. The van der Waals surface area contributed by atoms with Gasteiger partial charge in [-0.05, 0) is 31.5 Å². The van der Waals surface area contributed by atoms with Gasteiger partial charge >= 0.3 is 0 Å². The SMILES string of the molecule is CCCC1(CCC=N)Oc2cc(F)ccc2[C@H]1N. The van der Waals surface area contributed by atoms with E-state index in [1.807, 2.05) is 0 Å². The number of ether oxygens (including phenoxy) is 1. The quantitative estimate of drug-likeness (QED) is 0.788. The molecular formula is C14H19FN2O. The third-order valence-corrected chi connectivity index (χ3v) is 3.58. The first kappa shape index (κ1) is 13.0. The molecule has 3 nitrogen and oxygen atoms in total. The Labute approximate surface area is 107 Å². The Balaban J connectivity index is 2.32. The molecule has 2 rings (SSSR count). The van der Waals surface area contributed by atoms with Gasteiger partial charge in [0, 0.05) is 11.6 Å². The third kappa shape index (κ3) is 2.12. The maximum Gasteiger partial charge on any atom is 0.129 e. The van der Waals surface area contributed by atoms with E-state index in [-0.39, 0.29) is 11.9 Å². The van der Waals surface area contributed by atoms with Crippen molar-refractivity contribution < 1.29 is 9.13 Å². The molecule has 0 aromatic heterocycles. The van der Waals surface area contributed by atoms with Crippen LogP contribution in [0.5, 0.6) is 5.75 Å². The van der Waals surface area contributed by atoms with Gasteiger partial charge in [-0.15, -0.1) is 0 Å². The fourth-order valence-electron chi connectivity index (χ4n) is 2.70. The van der Waals surface area contributed by atoms with E-state index in [9.17, 15) is 4.39 Å². The Hall–Kier alpha value is -1.42. The zero-order valence-electron chi connectivity index (χ0n) is 10.6. The maximum absolute atomic E-state index is 13.2. The highest BCUT2D eigenvalue weighted by Gasteiger charge is 2.45. The number of nitrogens with one attached hydrogen (secondary N) is 1. The summed E-state index contributed by atoms with van der Waals surface area (Å²) in [4.78, 5) is 0. The molecule has 1 heterocycles. The first-order chi connectivity index (χ1) is 8.63. The third-order valence-electron chi connectivity index (χ3n) is 3.58. The van der Waals surface area contributed by atoms with Crippen LogP contribution in [0.1, 0.15) is 44.2 Å². The van der Waals surface area contributed by atoms with E-state index in [1.165, 1.54) is 18.3 Å². The average Bonchev–Trinajstić information content (AvgIpc) is 2.60. The highest BCUT2D eigenvalue weighted by atomic mass is 19.1. The van der Waals surface area contributed by atoms with Crippen LogP contribution < -0.4 is 10.5 Å². The van der Waals surface area contributed by atoms with Crippen LogP contribution >= 0.6 is 0 Å². The summed E-state index contributed by atoms with van der Waals surface area (Å²) in [6.07, 6.45) is 4.46. The summed E-state index contributed by atoms with van der Waals surface area (Å²) in [5.74, 6) is 0.251. The van der Waals surface area contributed by atoms with Crippen LogP contribution in [-0.4, -0.2) is 11.8 Å². The molecule has 0 aliphatic carbocycles. The lowest BCUT2D eigenvalue weighted by Crippen LogP contribution is -2.42. The summed E-state index contributed by atoms with van der Waals surface area (Å²) in [7, 11) is 0. The lowest BCUT2D eigenvalue weighted by molar-refractivity contribution is 0.0518. The van der Waals surface area contributed by atoms with Gasteiger partial charge < -0.3 is 15.9 Å². The molecule has 1 aromatic rings. The molecular weight excluding hydrogens is 231 g/mol. The highest BCUT2D eigenvalue weighted by molar-refractivity contribution is 5.53. The lowest BCUT2D eigenvalue weighted by atomic mass is 9.84. The van der Waals surface area contributed by atoms with E-state index in [4.69, 9.17) is 15.9 Å². The smallest absolute Gasteiger partial charge is 0.129 e. The Morgan fingerprint density at radius 3 is 2.94 bits per heavy atom. The van der Waals surface area contributed by atoms with Crippen molar-refractivity contribution in [3.63, 3.8) is 0 Å². The van der Waals surface area contributed by atoms with Crippen LogP contribution in [0.4, 0.5) is 4.39 Å². The fraction of sp³-hybridized carbons (Fsp3) is 0.500. The molecule has 1 unspecified atom stereocenters. The summed E-state index contributed by atoms with van der Waals surface area (Å²) in [5.41, 5.74) is 6.67. The first-order valence-corrected chi connectivity index (χ1v) is 6.36. The minimum atomic E-state index is -0.484. The molecule has 2 atom stereocenters. The number of benzene rings is 1. The molecule has 98 valence electrons. The number of hydrogen-bond donors (Lipinski definition) is 2. The molecule has 0 radical (unpaired) electrons. The Morgan fingerprint density at radius 2 is 2.28 bits per heavy atom. The van der Waals surface area contributed by atoms with Gasteiger partial charge in [-0.25, -0.2) is 4.39 Å². The predicted octanol–water partition coefficient (Wildman–Crippen LogP) is 3.19. The Bertz CT molecular complexity index is 449. The molecule has 3 N–H and O–H groups in total. The monoisotopic (exact) mass is 250 g/mol. The van der Waals surface area contributed by atoms with Gasteiger partial charge in [0.25, 0.3) is 0 Å². The van der Waals surface area contributed by atoms with Crippen molar-refractivity contribution in [1.29, 1.82) is 5.41 Å². The molecule has 0 bridgehead atoms. The van der Waals surface area contributed by atoms with E-state index < -0.39 is 5.60 Å². The molecule has 1 aliphatic rings. The average molecular weight is 250 g/mol. The lowest BCUT2D eigenvalue weighted by Gasteiger charge is -2.32. The molecule has 0 saturated heterocycles. The van der Waals surface area contributed by atoms with Gasteiger partial charge in [-0.3, -0.25) is 0 Å². The van der Waals surface area contributed by atoms with Gasteiger partial charge in [-0.1, -0.05) is 19.4 Å². The molecule has 1 aromatic carbocycles. The Morgan fingerprint density at radius 1 is 1.50 bits per heavy atom. The van der Waals surface area contributed by atoms with E-state index >= 15 is 0 Å². The van der Waals surface area contributed by atoms with Crippen LogP contribution in [0.15, 0.2) is 18.2 Å². The first-order valence-electron chi connectivity index (χ1n) is 6.36. The summed E-state index contributed by atoms with van der Waals surface area (Å²) in [5, 5.41) is 7.17. The van der Waals surface area contributed by atoms with Crippen molar-refractivity contribution in [3.8, 4) is 5.75 Å². The number of hydrogen-bond acceptors (Lipinski definition) is 3. The zero-order valence-corrected chi connectivity index (χ0v) is 10.6.